The molecule has 5 rings (SSSR count). The molecule has 0 unspecified atom stereocenters. The third-order valence-electron chi connectivity index (χ3n) is 5.92. The second kappa shape index (κ2) is 8.93. The summed E-state index contributed by atoms with van der Waals surface area (Å²) in [5.74, 6) is 1.25. The van der Waals surface area contributed by atoms with Gasteiger partial charge in [0.05, 0.1) is 17.9 Å². The maximum atomic E-state index is 13.0. The summed E-state index contributed by atoms with van der Waals surface area (Å²) in [4.78, 5) is 27.4. The average molecular weight is 458 g/mol. The van der Waals surface area contributed by atoms with Crippen molar-refractivity contribution < 1.29 is 13.9 Å². The monoisotopic (exact) mass is 458 g/mol. The summed E-state index contributed by atoms with van der Waals surface area (Å²) in [5.41, 5.74) is 9.10. The van der Waals surface area contributed by atoms with Gasteiger partial charge in [-0.15, -0.1) is 0 Å². The Morgan fingerprint density at radius 2 is 2.06 bits per heavy atom. The highest BCUT2D eigenvalue weighted by molar-refractivity contribution is 5.88. The van der Waals surface area contributed by atoms with Gasteiger partial charge in [0.25, 0.3) is 0 Å². The molecule has 0 bridgehead atoms. The van der Waals surface area contributed by atoms with Crippen LogP contribution < -0.4 is 10.5 Å². The number of benzene rings is 1. The zero-order valence-electron chi connectivity index (χ0n) is 18.4. The summed E-state index contributed by atoms with van der Waals surface area (Å²) in [6.07, 6.45) is 7.65. The van der Waals surface area contributed by atoms with Crippen molar-refractivity contribution in [3.63, 3.8) is 0 Å². The Bertz CT molecular complexity index is 1350. The lowest BCUT2D eigenvalue weighted by Gasteiger charge is -2.22. The van der Waals surface area contributed by atoms with E-state index >= 15 is 0 Å². The second-order valence-electron chi connectivity index (χ2n) is 8.02. The van der Waals surface area contributed by atoms with Crippen molar-refractivity contribution in [3.05, 3.63) is 85.0 Å². The molecule has 1 aromatic carbocycles. The van der Waals surface area contributed by atoms with E-state index in [4.69, 9.17) is 15.5 Å². The SMILES string of the molecule is C=CC(=O)N1CCC[C@H]1c1nc(-c2ccc(OCc3ccc(F)cn3)cc2)c2c(N)nccn12. The molecule has 2 N–H and O–H groups in total. The number of carbonyl (C=O) groups excluding carboxylic acids is 1. The highest BCUT2D eigenvalue weighted by atomic mass is 19.1. The van der Waals surface area contributed by atoms with E-state index in [9.17, 15) is 9.18 Å². The predicted molar refractivity (Wildman–Crippen MR) is 125 cm³/mol. The Labute approximate surface area is 195 Å². The third-order valence-corrected chi connectivity index (χ3v) is 5.92. The zero-order chi connectivity index (χ0) is 23.7. The Balaban J connectivity index is 1.46. The molecule has 1 amide bonds. The number of ether oxygens (including phenoxy) is 1. The summed E-state index contributed by atoms with van der Waals surface area (Å²) in [7, 11) is 0. The van der Waals surface area contributed by atoms with E-state index in [2.05, 4.69) is 16.5 Å². The molecule has 3 aromatic heterocycles. The van der Waals surface area contributed by atoms with Gasteiger partial charge in [0, 0.05) is 24.5 Å². The molecule has 0 saturated carbocycles. The normalized spacial score (nSPS) is 15.6. The first-order valence-corrected chi connectivity index (χ1v) is 10.9. The van der Waals surface area contributed by atoms with Gasteiger partial charge in [0.2, 0.25) is 5.91 Å². The van der Waals surface area contributed by atoms with E-state index in [0.29, 0.717) is 35.0 Å². The lowest BCUT2D eigenvalue weighted by Crippen LogP contribution is -2.29. The predicted octanol–water partition coefficient (Wildman–Crippen LogP) is 3.94. The molecule has 1 saturated heterocycles. The summed E-state index contributed by atoms with van der Waals surface area (Å²) in [6, 6.07) is 10.2. The van der Waals surface area contributed by atoms with E-state index in [1.807, 2.05) is 34.9 Å². The number of pyridine rings is 1. The van der Waals surface area contributed by atoms with E-state index in [1.54, 1.807) is 17.2 Å². The van der Waals surface area contributed by atoms with Gasteiger partial charge in [-0.3, -0.25) is 14.2 Å². The molecule has 172 valence electrons. The van der Waals surface area contributed by atoms with Crippen LogP contribution in [0.3, 0.4) is 0 Å². The van der Waals surface area contributed by atoms with Crippen LogP contribution in [0.4, 0.5) is 10.2 Å². The minimum atomic E-state index is -0.386. The molecule has 1 aliphatic rings. The third kappa shape index (κ3) is 3.96. The number of halogens is 1. The smallest absolute Gasteiger partial charge is 0.246 e. The number of anilines is 1. The highest BCUT2D eigenvalue weighted by Gasteiger charge is 2.33. The Hall–Kier alpha value is -4.27. The summed E-state index contributed by atoms with van der Waals surface area (Å²) in [5, 5.41) is 0. The van der Waals surface area contributed by atoms with Crippen LogP contribution in [0.15, 0.2) is 67.6 Å². The van der Waals surface area contributed by atoms with Crippen molar-refractivity contribution in [2.45, 2.75) is 25.5 Å². The van der Waals surface area contributed by atoms with Gasteiger partial charge < -0.3 is 15.4 Å². The quantitative estimate of drug-likeness (QED) is 0.440. The number of nitrogens with two attached hydrogens (primary N) is 1. The molecular weight excluding hydrogens is 435 g/mol. The van der Waals surface area contributed by atoms with E-state index in [0.717, 1.165) is 30.4 Å². The topological polar surface area (TPSA) is 98.6 Å². The number of nitrogens with zero attached hydrogens (tertiary/aromatic N) is 5. The summed E-state index contributed by atoms with van der Waals surface area (Å²) in [6.45, 7) is 4.52. The molecular formula is C25H23FN6O2. The van der Waals surface area contributed by atoms with Crippen LogP contribution in [0.5, 0.6) is 5.75 Å². The molecule has 1 atom stereocenters. The second-order valence-corrected chi connectivity index (χ2v) is 8.02. The fraction of sp³-hybridized carbons (Fsp3) is 0.200. The van der Waals surface area contributed by atoms with Crippen molar-refractivity contribution >= 4 is 17.2 Å². The molecule has 1 fully saturated rings. The molecule has 4 heterocycles. The Morgan fingerprint density at radius 3 is 2.79 bits per heavy atom. The van der Waals surface area contributed by atoms with Crippen LogP contribution in [0.25, 0.3) is 16.8 Å². The van der Waals surface area contributed by atoms with Gasteiger partial charge in [-0.05, 0) is 55.3 Å². The number of likely N-dealkylation sites (tertiary alicyclic amines) is 1. The number of nitrogen functional groups attached to an aromatic ring is 1. The van der Waals surface area contributed by atoms with Gasteiger partial charge in [0.1, 0.15) is 41.0 Å². The van der Waals surface area contributed by atoms with Crippen molar-refractivity contribution in [1.29, 1.82) is 0 Å². The van der Waals surface area contributed by atoms with Crippen LogP contribution in [0, 0.1) is 5.82 Å². The number of imidazole rings is 1. The molecule has 34 heavy (non-hydrogen) atoms. The average Bonchev–Trinajstić information content (AvgIpc) is 3.49. The fourth-order valence-corrected chi connectivity index (χ4v) is 4.30. The summed E-state index contributed by atoms with van der Waals surface area (Å²) < 4.78 is 20.7. The van der Waals surface area contributed by atoms with Crippen molar-refractivity contribution in [1.82, 2.24) is 24.3 Å². The molecule has 0 radical (unpaired) electrons. The van der Waals surface area contributed by atoms with Gasteiger partial charge >= 0.3 is 0 Å². The van der Waals surface area contributed by atoms with Gasteiger partial charge in [0.15, 0.2) is 0 Å². The zero-order valence-corrected chi connectivity index (χ0v) is 18.4. The number of hydrogen-bond acceptors (Lipinski definition) is 6. The van der Waals surface area contributed by atoms with Crippen LogP contribution in [0.2, 0.25) is 0 Å². The summed E-state index contributed by atoms with van der Waals surface area (Å²) >= 11 is 0. The van der Waals surface area contributed by atoms with Crippen LogP contribution >= 0.6 is 0 Å². The lowest BCUT2D eigenvalue weighted by atomic mass is 10.1. The largest absolute Gasteiger partial charge is 0.487 e. The van der Waals surface area contributed by atoms with Gasteiger partial charge in [-0.25, -0.2) is 14.4 Å². The number of fused-ring (bicyclic) bond motifs is 1. The Morgan fingerprint density at radius 1 is 1.24 bits per heavy atom. The number of amides is 1. The van der Waals surface area contributed by atoms with E-state index < -0.39 is 0 Å². The molecule has 4 aromatic rings. The molecule has 0 aliphatic carbocycles. The van der Waals surface area contributed by atoms with Crippen molar-refractivity contribution in [2.75, 3.05) is 12.3 Å². The van der Waals surface area contributed by atoms with Gasteiger partial charge in [-0.1, -0.05) is 6.58 Å². The van der Waals surface area contributed by atoms with E-state index in [1.165, 1.54) is 12.1 Å². The molecule has 0 spiro atoms. The van der Waals surface area contributed by atoms with Crippen molar-refractivity contribution in [3.8, 4) is 17.0 Å². The van der Waals surface area contributed by atoms with Crippen molar-refractivity contribution in [2.24, 2.45) is 0 Å². The first kappa shape index (κ1) is 21.6. The number of aromatic nitrogens is 4. The van der Waals surface area contributed by atoms with Gasteiger partial charge in [-0.2, -0.15) is 0 Å². The standard InChI is InChI=1S/C25H23FN6O2/c1-2-21(33)31-12-3-4-20(31)25-30-22(23-24(27)28-11-13-32(23)25)16-5-9-19(10-6-16)34-15-18-8-7-17(26)14-29-18/h2,5-11,13-14,20H,1,3-4,12,15H2,(H2,27,28)/t20-/m0/s1. The maximum absolute atomic E-state index is 13.0. The minimum Gasteiger partial charge on any atom is -0.487 e. The fourth-order valence-electron chi connectivity index (χ4n) is 4.30. The van der Waals surface area contributed by atoms with Crippen LogP contribution in [0.1, 0.15) is 30.4 Å². The number of hydrogen-bond donors (Lipinski definition) is 1. The number of carbonyl (C=O) groups is 1. The minimum absolute atomic E-state index is 0.111. The number of rotatable bonds is 6. The maximum Gasteiger partial charge on any atom is 0.246 e. The van der Waals surface area contributed by atoms with Crippen LogP contribution in [-0.2, 0) is 11.4 Å². The molecule has 9 heteroatoms. The molecule has 8 nitrogen and oxygen atoms in total. The Kier molecular flexibility index (Phi) is 5.67. The first-order valence-electron chi connectivity index (χ1n) is 10.9. The molecule has 1 aliphatic heterocycles. The van der Waals surface area contributed by atoms with Crippen LogP contribution in [-0.4, -0.2) is 36.7 Å². The highest BCUT2D eigenvalue weighted by Crippen LogP contribution is 2.36. The lowest BCUT2D eigenvalue weighted by molar-refractivity contribution is -0.127. The first-order chi connectivity index (χ1) is 16.5. The van der Waals surface area contributed by atoms with E-state index in [-0.39, 0.29) is 24.4 Å².